The van der Waals surface area contributed by atoms with E-state index in [4.69, 9.17) is 9.47 Å². The van der Waals surface area contributed by atoms with Gasteiger partial charge >= 0.3 is 0 Å². The van der Waals surface area contributed by atoms with E-state index in [9.17, 15) is 9.59 Å². The van der Waals surface area contributed by atoms with E-state index in [1.54, 1.807) is 18.1 Å². The summed E-state index contributed by atoms with van der Waals surface area (Å²) in [4.78, 5) is 41.2. The Hall–Kier alpha value is -4.41. The third-order valence-electron chi connectivity index (χ3n) is 7.56. The fraction of sp³-hybridized carbons (Fsp3) is 0.314. The molecule has 45 heavy (non-hydrogen) atoms. The van der Waals surface area contributed by atoms with Gasteiger partial charge in [-0.1, -0.05) is 53.7 Å². The summed E-state index contributed by atoms with van der Waals surface area (Å²) in [7, 11) is 1.58. The van der Waals surface area contributed by atoms with E-state index in [2.05, 4.69) is 20.2 Å². The van der Waals surface area contributed by atoms with Gasteiger partial charge in [0.05, 0.1) is 26.1 Å². The minimum Gasteiger partial charge on any atom is -0.497 e. The molecule has 0 radical (unpaired) electrons. The van der Waals surface area contributed by atoms with Crippen LogP contribution in [0, 0.1) is 20.8 Å². The summed E-state index contributed by atoms with van der Waals surface area (Å²) in [6, 6.07) is 24.0. The fourth-order valence-corrected chi connectivity index (χ4v) is 6.09. The summed E-state index contributed by atoms with van der Waals surface area (Å²) >= 11 is 1.27. The van der Waals surface area contributed by atoms with Crippen LogP contribution in [0.4, 0.5) is 11.4 Å². The Labute approximate surface area is 269 Å². The van der Waals surface area contributed by atoms with Gasteiger partial charge in [0.15, 0.2) is 5.16 Å². The normalized spacial score (nSPS) is 13.6. The number of hydrogen-bond acceptors (Lipinski definition) is 8. The predicted molar refractivity (Wildman–Crippen MR) is 178 cm³/mol. The third-order valence-corrected chi connectivity index (χ3v) is 8.39. The van der Waals surface area contributed by atoms with Crippen LogP contribution in [0.15, 0.2) is 84.0 Å². The number of anilines is 2. The molecule has 1 atom stereocenters. The highest BCUT2D eigenvalue weighted by Gasteiger charge is 2.32. The summed E-state index contributed by atoms with van der Waals surface area (Å²) in [5, 5.41) is 3.61. The molecule has 1 fully saturated rings. The molecule has 1 aliphatic rings. The number of carbonyl (C=O) groups is 2. The quantitative estimate of drug-likeness (QED) is 0.166. The van der Waals surface area contributed by atoms with E-state index in [1.165, 1.54) is 11.8 Å². The molecule has 1 unspecified atom stereocenters. The predicted octanol–water partition coefficient (Wildman–Crippen LogP) is 5.75. The molecule has 0 spiro atoms. The fourth-order valence-electron chi connectivity index (χ4n) is 5.25. The van der Waals surface area contributed by atoms with Crippen molar-refractivity contribution in [3.63, 3.8) is 0 Å². The van der Waals surface area contributed by atoms with Gasteiger partial charge in [-0.3, -0.25) is 9.59 Å². The number of nitrogens with zero attached hydrogens (tertiary/aromatic N) is 4. The molecule has 1 aliphatic heterocycles. The Bertz CT molecular complexity index is 1590. The summed E-state index contributed by atoms with van der Waals surface area (Å²) in [5.74, 6) is 0.127. The summed E-state index contributed by atoms with van der Waals surface area (Å²) in [6.45, 7) is 9.10. The summed E-state index contributed by atoms with van der Waals surface area (Å²) in [5.41, 5.74) is 6.06. The zero-order valence-electron chi connectivity index (χ0n) is 26.2. The molecule has 1 N–H and O–H groups in total. The monoisotopic (exact) mass is 625 g/mol. The maximum Gasteiger partial charge on any atom is 0.251 e. The van der Waals surface area contributed by atoms with Crippen LogP contribution in [-0.4, -0.2) is 65.8 Å². The van der Waals surface area contributed by atoms with Gasteiger partial charge in [-0.2, -0.15) is 0 Å². The van der Waals surface area contributed by atoms with Crippen LogP contribution in [0.3, 0.4) is 0 Å². The van der Waals surface area contributed by atoms with Crippen molar-refractivity contribution in [1.82, 2.24) is 14.9 Å². The molecule has 0 bridgehead atoms. The number of aromatic nitrogens is 2. The lowest BCUT2D eigenvalue weighted by atomic mass is 10.0. The number of morpholine rings is 1. The van der Waals surface area contributed by atoms with Gasteiger partial charge in [-0.05, 0) is 74.4 Å². The van der Waals surface area contributed by atoms with Crippen LogP contribution in [0.25, 0.3) is 0 Å². The second-order valence-corrected chi connectivity index (χ2v) is 12.0. The average molecular weight is 626 g/mol. The molecule has 10 heteroatoms. The number of hydrogen-bond donors (Lipinski definition) is 1. The minimum atomic E-state index is -0.936. The number of aryl methyl sites for hydroxylation is 3. The maximum absolute atomic E-state index is 14.2. The van der Waals surface area contributed by atoms with Crippen molar-refractivity contribution in [2.24, 2.45) is 0 Å². The lowest BCUT2D eigenvalue weighted by Gasteiger charge is -2.32. The average Bonchev–Trinajstić information content (AvgIpc) is 3.04. The first-order valence-electron chi connectivity index (χ1n) is 15.0. The number of nitrogens with one attached hydrogen (secondary N) is 1. The van der Waals surface area contributed by atoms with Crippen LogP contribution >= 0.6 is 11.8 Å². The smallest absolute Gasteiger partial charge is 0.251 e. The summed E-state index contributed by atoms with van der Waals surface area (Å²) < 4.78 is 11.0. The Morgan fingerprint density at radius 1 is 0.956 bits per heavy atom. The van der Waals surface area contributed by atoms with Crippen molar-refractivity contribution in [1.29, 1.82) is 0 Å². The summed E-state index contributed by atoms with van der Waals surface area (Å²) in [6.07, 6.45) is 0. The van der Waals surface area contributed by atoms with Gasteiger partial charge in [0.2, 0.25) is 5.91 Å². The van der Waals surface area contributed by atoms with Gasteiger partial charge in [-0.25, -0.2) is 9.97 Å². The SMILES string of the molecule is COc1cccc(C(C(=O)Nc2ccc(N3CCOCC3)cc2)N(Cc2ccc(C)cc2)C(=O)CSc2nc(C)cc(C)n2)c1. The number of thioether (sulfide) groups is 1. The Balaban J connectivity index is 1.46. The molecule has 234 valence electrons. The Kier molecular flexibility index (Phi) is 10.7. The molecule has 3 aromatic carbocycles. The van der Waals surface area contributed by atoms with Crippen LogP contribution in [0.2, 0.25) is 0 Å². The number of methoxy groups -OCH3 is 1. The van der Waals surface area contributed by atoms with E-state index >= 15 is 0 Å². The van der Waals surface area contributed by atoms with Crippen LogP contribution in [-0.2, 0) is 20.9 Å². The minimum absolute atomic E-state index is 0.0662. The van der Waals surface area contributed by atoms with Gasteiger partial charge in [0.1, 0.15) is 11.8 Å². The zero-order valence-corrected chi connectivity index (χ0v) is 27.0. The van der Waals surface area contributed by atoms with Crippen molar-refractivity contribution >= 4 is 35.0 Å². The number of benzene rings is 3. The number of rotatable bonds is 11. The number of carbonyl (C=O) groups excluding carboxylic acids is 2. The standard InChI is InChI=1S/C35H39N5O4S/c1-24-8-10-27(11-9-24)22-40(32(41)23-45-35-36-25(2)20-26(3)37-35)33(28-6-5-7-31(21-28)43-4)34(42)38-29-12-14-30(15-13-29)39-16-18-44-19-17-39/h5-15,20-21,33H,16-19,22-23H2,1-4H3,(H,38,42). The van der Waals surface area contributed by atoms with Crippen molar-refractivity contribution in [3.8, 4) is 5.75 Å². The van der Waals surface area contributed by atoms with Gasteiger partial charge in [0, 0.05) is 42.4 Å². The largest absolute Gasteiger partial charge is 0.497 e. The van der Waals surface area contributed by atoms with Gasteiger partial charge in [-0.15, -0.1) is 0 Å². The molecule has 9 nitrogen and oxygen atoms in total. The van der Waals surface area contributed by atoms with Crippen LogP contribution in [0.5, 0.6) is 5.75 Å². The molecular formula is C35H39N5O4S. The van der Waals surface area contributed by atoms with Crippen molar-refractivity contribution in [2.75, 3.05) is 49.4 Å². The first-order chi connectivity index (χ1) is 21.8. The molecule has 1 saturated heterocycles. The number of amides is 2. The molecule has 4 aromatic rings. The molecule has 5 rings (SSSR count). The molecule has 0 aliphatic carbocycles. The van der Waals surface area contributed by atoms with Crippen LogP contribution in [0.1, 0.15) is 34.1 Å². The number of ether oxygens (including phenoxy) is 2. The second-order valence-electron chi connectivity index (χ2n) is 11.0. The highest BCUT2D eigenvalue weighted by molar-refractivity contribution is 7.99. The molecular weight excluding hydrogens is 586 g/mol. The molecule has 2 amide bonds. The topological polar surface area (TPSA) is 96.9 Å². The third kappa shape index (κ3) is 8.61. The highest BCUT2D eigenvalue weighted by atomic mass is 32.2. The van der Waals surface area contributed by atoms with E-state index < -0.39 is 6.04 Å². The van der Waals surface area contributed by atoms with E-state index in [1.807, 2.05) is 93.6 Å². The van der Waals surface area contributed by atoms with Gasteiger partial charge in [0.25, 0.3) is 5.91 Å². The Morgan fingerprint density at radius 2 is 1.64 bits per heavy atom. The Morgan fingerprint density at radius 3 is 2.31 bits per heavy atom. The maximum atomic E-state index is 14.2. The van der Waals surface area contributed by atoms with Gasteiger partial charge < -0.3 is 24.6 Å². The van der Waals surface area contributed by atoms with E-state index in [-0.39, 0.29) is 24.1 Å². The van der Waals surface area contributed by atoms with E-state index in [0.29, 0.717) is 35.4 Å². The molecule has 2 heterocycles. The van der Waals surface area contributed by atoms with Crippen LogP contribution < -0.4 is 15.0 Å². The molecule has 1 aromatic heterocycles. The zero-order chi connectivity index (χ0) is 31.8. The first kappa shape index (κ1) is 32.0. The van der Waals surface area contributed by atoms with Crippen molar-refractivity contribution < 1.29 is 19.1 Å². The second kappa shape index (κ2) is 15.0. The van der Waals surface area contributed by atoms with Crippen molar-refractivity contribution in [2.45, 2.75) is 38.5 Å². The van der Waals surface area contributed by atoms with Crippen molar-refractivity contribution in [3.05, 3.63) is 107 Å². The highest BCUT2D eigenvalue weighted by Crippen LogP contribution is 2.30. The molecule has 0 saturated carbocycles. The lowest BCUT2D eigenvalue weighted by Crippen LogP contribution is -2.42. The lowest BCUT2D eigenvalue weighted by molar-refractivity contribution is -0.137. The first-order valence-corrected chi connectivity index (χ1v) is 16.0. The van der Waals surface area contributed by atoms with E-state index in [0.717, 1.165) is 41.3 Å².